The van der Waals surface area contributed by atoms with Gasteiger partial charge in [-0.25, -0.2) is 4.79 Å². The molecule has 1 aliphatic heterocycles. The van der Waals surface area contributed by atoms with Gasteiger partial charge in [0.1, 0.15) is 0 Å². The van der Waals surface area contributed by atoms with Crippen LogP contribution in [0.2, 0.25) is 5.02 Å². The fourth-order valence-corrected chi connectivity index (χ4v) is 3.63. The van der Waals surface area contributed by atoms with Crippen molar-refractivity contribution >= 4 is 40.9 Å². The number of carbonyl (C=O) groups excluding carboxylic acids is 1. The van der Waals surface area contributed by atoms with Crippen molar-refractivity contribution in [2.45, 2.75) is 12.4 Å². The van der Waals surface area contributed by atoms with E-state index in [0.29, 0.717) is 10.7 Å². The maximum atomic E-state index is 13.1. The standard InChI is InChI=1S/C23H20ClF6N7O2/c24-15-4-6-16(7-5-15)32-21(38)37-10-8-36(9-11-37)19-33-18(34-20(35-19)39-13-22(25,26)27)31-17-3-1-2-14(12-17)23(28,29)30/h1-7,12H,8-11,13H2,(H,32,38)(H,31,33,34,35). The van der Waals surface area contributed by atoms with Crippen LogP contribution in [0, 0.1) is 0 Å². The maximum absolute atomic E-state index is 13.1. The molecule has 0 aliphatic carbocycles. The summed E-state index contributed by atoms with van der Waals surface area (Å²) in [6.07, 6.45) is -9.28. The molecule has 1 aromatic heterocycles. The Bertz CT molecular complexity index is 1300. The zero-order valence-electron chi connectivity index (χ0n) is 19.9. The summed E-state index contributed by atoms with van der Waals surface area (Å²) in [5.41, 5.74) is -0.447. The van der Waals surface area contributed by atoms with Gasteiger partial charge in [0.15, 0.2) is 6.61 Å². The van der Waals surface area contributed by atoms with Crippen LogP contribution in [0.3, 0.4) is 0 Å². The number of nitrogens with one attached hydrogen (secondary N) is 2. The van der Waals surface area contributed by atoms with Crippen LogP contribution in [-0.2, 0) is 6.18 Å². The van der Waals surface area contributed by atoms with Gasteiger partial charge in [0.25, 0.3) is 0 Å². The van der Waals surface area contributed by atoms with Gasteiger partial charge in [0.05, 0.1) is 5.56 Å². The Morgan fingerprint density at radius 1 is 0.923 bits per heavy atom. The van der Waals surface area contributed by atoms with Gasteiger partial charge in [-0.05, 0) is 42.5 Å². The highest BCUT2D eigenvalue weighted by atomic mass is 35.5. The van der Waals surface area contributed by atoms with Crippen molar-refractivity contribution in [3.05, 3.63) is 59.1 Å². The van der Waals surface area contributed by atoms with Gasteiger partial charge in [-0.2, -0.15) is 41.3 Å². The molecule has 3 aromatic rings. The molecule has 1 fully saturated rings. The molecule has 1 saturated heterocycles. The molecule has 9 nitrogen and oxygen atoms in total. The molecule has 0 bridgehead atoms. The lowest BCUT2D eigenvalue weighted by Crippen LogP contribution is -2.50. The van der Waals surface area contributed by atoms with Gasteiger partial charge < -0.3 is 25.2 Å². The number of piperazine rings is 1. The number of hydrogen-bond donors (Lipinski definition) is 2. The zero-order valence-corrected chi connectivity index (χ0v) is 20.6. The van der Waals surface area contributed by atoms with Gasteiger partial charge >= 0.3 is 24.4 Å². The molecule has 1 aliphatic rings. The fraction of sp³-hybridized carbons (Fsp3) is 0.304. The van der Waals surface area contributed by atoms with Crippen LogP contribution in [-0.4, -0.2) is 64.8 Å². The summed E-state index contributed by atoms with van der Waals surface area (Å²) in [5, 5.41) is 5.81. The number of nitrogens with zero attached hydrogens (tertiary/aromatic N) is 5. The highest BCUT2D eigenvalue weighted by Gasteiger charge is 2.31. The minimum atomic E-state index is -4.68. The highest BCUT2D eigenvalue weighted by molar-refractivity contribution is 6.30. The Labute approximate surface area is 222 Å². The quantitative estimate of drug-likeness (QED) is 0.370. The molecule has 0 unspecified atom stereocenters. The molecular formula is C23H20ClF6N7O2. The fourth-order valence-electron chi connectivity index (χ4n) is 3.50. The summed E-state index contributed by atoms with van der Waals surface area (Å²) in [7, 11) is 0. The number of amides is 2. The minimum Gasteiger partial charge on any atom is -0.454 e. The highest BCUT2D eigenvalue weighted by Crippen LogP contribution is 2.31. The predicted octanol–water partition coefficient (Wildman–Crippen LogP) is 5.58. The van der Waals surface area contributed by atoms with Crippen molar-refractivity contribution in [3.8, 4) is 6.01 Å². The summed E-state index contributed by atoms with van der Waals surface area (Å²) in [6, 6.07) is 9.63. The first-order valence-corrected chi connectivity index (χ1v) is 11.7. The van der Waals surface area contributed by atoms with Gasteiger partial charge in [-0.15, -0.1) is 0 Å². The van der Waals surface area contributed by atoms with Gasteiger partial charge in [-0.1, -0.05) is 17.7 Å². The van der Waals surface area contributed by atoms with E-state index in [1.54, 1.807) is 29.2 Å². The second-order valence-corrected chi connectivity index (χ2v) is 8.70. The van der Waals surface area contributed by atoms with E-state index < -0.39 is 30.5 Å². The van der Waals surface area contributed by atoms with Crippen LogP contribution < -0.4 is 20.3 Å². The van der Waals surface area contributed by atoms with Crippen LogP contribution in [0.25, 0.3) is 0 Å². The van der Waals surface area contributed by atoms with Crippen molar-refractivity contribution in [1.29, 1.82) is 0 Å². The average Bonchev–Trinajstić information content (AvgIpc) is 2.88. The largest absolute Gasteiger partial charge is 0.454 e. The Kier molecular flexibility index (Phi) is 8.18. The smallest absolute Gasteiger partial charge is 0.422 e. The summed E-state index contributed by atoms with van der Waals surface area (Å²) in [5.74, 6) is -0.395. The van der Waals surface area contributed by atoms with Crippen LogP contribution in [0.15, 0.2) is 48.5 Å². The van der Waals surface area contributed by atoms with Crippen molar-refractivity contribution in [2.24, 2.45) is 0 Å². The maximum Gasteiger partial charge on any atom is 0.422 e. The first-order chi connectivity index (χ1) is 18.4. The van der Waals surface area contributed by atoms with E-state index in [1.165, 1.54) is 11.0 Å². The zero-order chi connectivity index (χ0) is 28.2. The Morgan fingerprint density at radius 2 is 1.62 bits per heavy atom. The number of carbonyl (C=O) groups is 1. The topological polar surface area (TPSA) is 95.5 Å². The number of urea groups is 1. The third kappa shape index (κ3) is 7.99. The number of aromatic nitrogens is 3. The lowest BCUT2D eigenvalue weighted by atomic mass is 10.2. The van der Waals surface area contributed by atoms with Crippen LogP contribution in [0.4, 0.5) is 54.4 Å². The Hall–Kier alpha value is -4.01. The molecule has 39 heavy (non-hydrogen) atoms. The second kappa shape index (κ2) is 11.4. The summed E-state index contributed by atoms with van der Waals surface area (Å²) >= 11 is 5.85. The normalized spacial score (nSPS) is 14.2. The molecule has 2 amide bonds. The SMILES string of the molecule is O=C(Nc1ccc(Cl)cc1)N1CCN(c2nc(Nc3cccc(C(F)(F)F)c3)nc(OCC(F)(F)F)n2)CC1. The third-order valence-electron chi connectivity index (χ3n) is 5.36. The number of alkyl halides is 6. The van der Waals surface area contributed by atoms with Crippen LogP contribution >= 0.6 is 11.6 Å². The van der Waals surface area contributed by atoms with Gasteiger partial charge in [0, 0.05) is 42.6 Å². The molecule has 0 atom stereocenters. The van der Waals surface area contributed by atoms with Crippen molar-refractivity contribution < 1.29 is 35.9 Å². The molecule has 0 saturated carbocycles. The first kappa shape index (κ1) is 28.0. The summed E-state index contributed by atoms with van der Waals surface area (Å²) in [6.45, 7) is -0.821. The van der Waals surface area contributed by atoms with E-state index in [0.717, 1.165) is 18.2 Å². The van der Waals surface area contributed by atoms with Crippen LogP contribution in [0.5, 0.6) is 6.01 Å². The molecule has 16 heteroatoms. The summed E-state index contributed by atoms with van der Waals surface area (Å²) in [4.78, 5) is 27.6. The number of anilines is 4. The van der Waals surface area contributed by atoms with Crippen molar-refractivity contribution in [3.63, 3.8) is 0 Å². The average molecular weight is 576 g/mol. The summed E-state index contributed by atoms with van der Waals surface area (Å²) < 4.78 is 82.1. The Morgan fingerprint density at radius 3 is 2.26 bits per heavy atom. The van der Waals surface area contributed by atoms with Gasteiger partial charge in [-0.3, -0.25) is 0 Å². The van der Waals surface area contributed by atoms with E-state index in [2.05, 4.69) is 30.3 Å². The lowest BCUT2D eigenvalue weighted by Gasteiger charge is -2.34. The molecule has 2 aromatic carbocycles. The van der Waals surface area contributed by atoms with Gasteiger partial charge in [0.2, 0.25) is 11.9 Å². The van der Waals surface area contributed by atoms with E-state index in [-0.39, 0.29) is 49.8 Å². The monoisotopic (exact) mass is 575 g/mol. The molecule has 2 heterocycles. The molecule has 208 valence electrons. The number of hydrogen-bond acceptors (Lipinski definition) is 7. The molecule has 4 rings (SSSR count). The second-order valence-electron chi connectivity index (χ2n) is 8.26. The first-order valence-electron chi connectivity index (χ1n) is 11.3. The molecule has 0 radical (unpaired) electrons. The lowest BCUT2D eigenvalue weighted by molar-refractivity contribution is -0.154. The predicted molar refractivity (Wildman–Crippen MR) is 130 cm³/mol. The number of halogens is 7. The van der Waals surface area contributed by atoms with Crippen molar-refractivity contribution in [1.82, 2.24) is 19.9 Å². The van der Waals surface area contributed by atoms with Crippen molar-refractivity contribution in [2.75, 3.05) is 48.3 Å². The molecular weight excluding hydrogens is 556 g/mol. The third-order valence-corrected chi connectivity index (χ3v) is 5.61. The number of ether oxygens (including phenoxy) is 1. The molecule has 2 N–H and O–H groups in total. The number of benzene rings is 2. The Balaban J connectivity index is 1.49. The van der Waals surface area contributed by atoms with E-state index in [9.17, 15) is 31.1 Å². The van der Waals surface area contributed by atoms with Crippen LogP contribution in [0.1, 0.15) is 5.56 Å². The van der Waals surface area contributed by atoms with E-state index >= 15 is 0 Å². The van der Waals surface area contributed by atoms with E-state index in [4.69, 9.17) is 11.6 Å². The van der Waals surface area contributed by atoms with E-state index in [1.807, 2.05) is 0 Å². The minimum absolute atomic E-state index is 0.0487. The number of rotatable bonds is 6. The molecule has 0 spiro atoms.